The van der Waals surface area contributed by atoms with E-state index >= 15 is 0 Å². The zero-order valence-corrected chi connectivity index (χ0v) is 20.7. The molecule has 0 amide bonds. The van der Waals surface area contributed by atoms with Crippen molar-refractivity contribution in [1.82, 2.24) is 4.90 Å². The van der Waals surface area contributed by atoms with Crippen LogP contribution < -0.4 is 4.74 Å². The normalized spacial score (nSPS) is 17.8. The molecule has 2 atom stereocenters. The lowest BCUT2D eigenvalue weighted by Gasteiger charge is -2.35. The summed E-state index contributed by atoms with van der Waals surface area (Å²) in [7, 11) is 0. The summed E-state index contributed by atoms with van der Waals surface area (Å²) in [5.74, 6) is 1.01. The zero-order valence-electron chi connectivity index (χ0n) is 19.9. The molecule has 33 heavy (non-hydrogen) atoms. The van der Waals surface area contributed by atoms with Gasteiger partial charge >= 0.3 is 5.97 Å². The summed E-state index contributed by atoms with van der Waals surface area (Å²) in [6.07, 6.45) is 5.53. The van der Waals surface area contributed by atoms with Gasteiger partial charge in [-0.05, 0) is 83.5 Å². The van der Waals surface area contributed by atoms with Crippen LogP contribution in [0.1, 0.15) is 68.2 Å². The SMILES string of the molecule is CC1=C(CN2C=CC2C(=O)O)CCc2cc(OCC(C)c3ccc(C(C)C)cc3)ccc21.Cl. The second-order valence-electron chi connectivity index (χ2n) is 9.38. The Morgan fingerprint density at radius 1 is 1.09 bits per heavy atom. The Labute approximate surface area is 203 Å². The van der Waals surface area contributed by atoms with E-state index in [-0.39, 0.29) is 12.4 Å². The first kappa shape index (κ1) is 24.9. The molecule has 5 heteroatoms. The van der Waals surface area contributed by atoms with Crippen molar-refractivity contribution in [2.24, 2.45) is 0 Å². The molecule has 2 aliphatic rings. The number of benzene rings is 2. The first-order valence-corrected chi connectivity index (χ1v) is 11.5. The van der Waals surface area contributed by atoms with E-state index in [1.807, 2.05) is 11.1 Å². The fraction of sp³-hybridized carbons (Fsp3) is 0.393. The van der Waals surface area contributed by atoms with Crippen LogP contribution in [0.3, 0.4) is 0 Å². The monoisotopic (exact) mass is 467 g/mol. The van der Waals surface area contributed by atoms with Crippen molar-refractivity contribution < 1.29 is 14.6 Å². The Bertz CT molecular complexity index is 1060. The molecule has 0 radical (unpaired) electrons. The van der Waals surface area contributed by atoms with Gasteiger partial charge in [0.2, 0.25) is 0 Å². The van der Waals surface area contributed by atoms with Gasteiger partial charge in [-0.15, -0.1) is 12.4 Å². The third-order valence-corrected chi connectivity index (χ3v) is 6.82. The number of allylic oxidation sites excluding steroid dienone is 1. The van der Waals surface area contributed by atoms with Gasteiger partial charge < -0.3 is 14.7 Å². The Balaban J connectivity index is 0.00000306. The minimum Gasteiger partial charge on any atom is -0.493 e. The summed E-state index contributed by atoms with van der Waals surface area (Å²) < 4.78 is 6.16. The third-order valence-electron chi connectivity index (χ3n) is 6.82. The summed E-state index contributed by atoms with van der Waals surface area (Å²) in [5.41, 5.74) is 7.82. The van der Waals surface area contributed by atoms with Crippen LogP contribution in [-0.2, 0) is 11.2 Å². The van der Waals surface area contributed by atoms with Crippen LogP contribution in [0.25, 0.3) is 5.57 Å². The van der Waals surface area contributed by atoms with Gasteiger partial charge in [0.1, 0.15) is 11.8 Å². The molecule has 2 unspecified atom stereocenters. The average molecular weight is 468 g/mol. The summed E-state index contributed by atoms with van der Waals surface area (Å²) in [5, 5.41) is 9.26. The lowest BCUT2D eigenvalue weighted by atomic mass is 9.85. The smallest absolute Gasteiger partial charge is 0.330 e. The molecular weight excluding hydrogens is 434 g/mol. The first-order chi connectivity index (χ1) is 15.3. The number of rotatable bonds is 8. The molecule has 0 fully saturated rings. The van der Waals surface area contributed by atoms with Crippen molar-refractivity contribution >= 4 is 23.9 Å². The predicted molar refractivity (Wildman–Crippen MR) is 136 cm³/mol. The second-order valence-corrected chi connectivity index (χ2v) is 9.38. The maximum absolute atomic E-state index is 11.3. The number of halogens is 1. The highest BCUT2D eigenvalue weighted by Gasteiger charge is 2.29. The van der Waals surface area contributed by atoms with Crippen LogP contribution in [-0.4, -0.2) is 35.2 Å². The van der Waals surface area contributed by atoms with Crippen molar-refractivity contribution in [2.45, 2.75) is 58.4 Å². The molecule has 0 saturated heterocycles. The number of hydrogen-bond acceptors (Lipinski definition) is 3. The largest absolute Gasteiger partial charge is 0.493 e. The topological polar surface area (TPSA) is 49.8 Å². The van der Waals surface area contributed by atoms with Crippen LogP contribution in [0.4, 0.5) is 0 Å². The number of fused-ring (bicyclic) bond motifs is 1. The van der Waals surface area contributed by atoms with Gasteiger partial charge in [0.15, 0.2) is 0 Å². The summed E-state index contributed by atoms with van der Waals surface area (Å²) in [6.45, 7) is 10.1. The molecule has 0 spiro atoms. The van der Waals surface area contributed by atoms with Crippen molar-refractivity contribution in [3.8, 4) is 5.75 Å². The number of aryl methyl sites for hydroxylation is 1. The Kier molecular flexibility index (Phi) is 7.91. The molecule has 1 aliphatic heterocycles. The average Bonchev–Trinajstić information content (AvgIpc) is 2.75. The number of nitrogens with zero attached hydrogens (tertiary/aromatic N) is 1. The molecule has 176 valence electrons. The number of carbonyl (C=O) groups is 1. The summed E-state index contributed by atoms with van der Waals surface area (Å²) >= 11 is 0. The molecule has 1 heterocycles. The maximum Gasteiger partial charge on any atom is 0.330 e. The number of carboxylic acids is 1. The molecule has 0 bridgehead atoms. The number of aliphatic carboxylic acids is 1. The van der Waals surface area contributed by atoms with Crippen molar-refractivity contribution in [2.75, 3.05) is 13.2 Å². The van der Waals surface area contributed by atoms with Gasteiger partial charge in [0, 0.05) is 12.5 Å². The summed E-state index contributed by atoms with van der Waals surface area (Å²) in [4.78, 5) is 13.2. The molecule has 4 rings (SSSR count). The van der Waals surface area contributed by atoms with E-state index in [1.54, 1.807) is 6.08 Å². The quantitative estimate of drug-likeness (QED) is 0.486. The number of carboxylic acid groups (broad SMARTS) is 1. The predicted octanol–water partition coefficient (Wildman–Crippen LogP) is 6.42. The van der Waals surface area contributed by atoms with Crippen LogP contribution >= 0.6 is 12.4 Å². The molecule has 2 aromatic rings. The molecule has 0 saturated carbocycles. The van der Waals surface area contributed by atoms with Crippen LogP contribution in [0, 0.1) is 0 Å². The molecule has 1 aliphatic carbocycles. The van der Waals surface area contributed by atoms with Gasteiger partial charge in [0.05, 0.1) is 6.61 Å². The maximum atomic E-state index is 11.3. The van der Waals surface area contributed by atoms with Crippen LogP contribution in [0.15, 0.2) is 60.3 Å². The Morgan fingerprint density at radius 3 is 2.39 bits per heavy atom. The summed E-state index contributed by atoms with van der Waals surface area (Å²) in [6, 6.07) is 14.8. The highest BCUT2D eigenvalue weighted by Crippen LogP contribution is 2.35. The number of hydrogen-bond donors (Lipinski definition) is 1. The van der Waals surface area contributed by atoms with E-state index in [2.05, 4.69) is 70.2 Å². The van der Waals surface area contributed by atoms with Gasteiger partial charge in [-0.25, -0.2) is 4.79 Å². The van der Waals surface area contributed by atoms with Crippen molar-refractivity contribution in [1.29, 1.82) is 0 Å². The van der Waals surface area contributed by atoms with E-state index < -0.39 is 12.0 Å². The lowest BCUT2D eigenvalue weighted by Crippen LogP contribution is -2.43. The van der Waals surface area contributed by atoms with E-state index in [0.717, 1.165) is 18.6 Å². The van der Waals surface area contributed by atoms with Crippen molar-refractivity contribution in [3.63, 3.8) is 0 Å². The second kappa shape index (κ2) is 10.5. The minimum absolute atomic E-state index is 0. The highest BCUT2D eigenvalue weighted by atomic mass is 35.5. The fourth-order valence-corrected chi connectivity index (χ4v) is 4.51. The third kappa shape index (κ3) is 5.44. The first-order valence-electron chi connectivity index (χ1n) is 11.5. The molecule has 2 aromatic carbocycles. The Hall–Kier alpha value is -2.72. The molecular formula is C28H34ClNO3. The lowest BCUT2D eigenvalue weighted by molar-refractivity contribution is -0.141. The van der Waals surface area contributed by atoms with Gasteiger partial charge in [-0.3, -0.25) is 0 Å². The fourth-order valence-electron chi connectivity index (χ4n) is 4.51. The van der Waals surface area contributed by atoms with Gasteiger partial charge in [-0.1, -0.05) is 51.1 Å². The van der Waals surface area contributed by atoms with Gasteiger partial charge in [-0.2, -0.15) is 0 Å². The molecule has 0 aromatic heterocycles. The molecule has 1 N–H and O–H groups in total. The van der Waals surface area contributed by atoms with E-state index in [1.165, 1.54) is 33.4 Å². The van der Waals surface area contributed by atoms with E-state index in [9.17, 15) is 9.90 Å². The molecule has 4 nitrogen and oxygen atoms in total. The van der Waals surface area contributed by atoms with E-state index in [4.69, 9.17) is 4.74 Å². The van der Waals surface area contributed by atoms with E-state index in [0.29, 0.717) is 25.0 Å². The minimum atomic E-state index is -0.783. The van der Waals surface area contributed by atoms with Crippen LogP contribution in [0.5, 0.6) is 5.75 Å². The Morgan fingerprint density at radius 2 is 1.79 bits per heavy atom. The van der Waals surface area contributed by atoms with Crippen molar-refractivity contribution in [3.05, 3.63) is 82.6 Å². The zero-order chi connectivity index (χ0) is 22.8. The number of ether oxygens (including phenoxy) is 1. The van der Waals surface area contributed by atoms with Crippen LogP contribution in [0.2, 0.25) is 0 Å². The standard InChI is InChI=1S/C28H33NO3.ClH/c1-18(2)21-5-7-22(8-6-21)19(3)17-32-25-11-12-26-20(4)24(10-9-23(26)15-25)16-29-14-13-27(29)28(30)31;/h5-8,11-15,18-19,27H,9-10,16-17H2,1-4H3,(H,30,31);1H. The van der Waals surface area contributed by atoms with Gasteiger partial charge in [0.25, 0.3) is 0 Å². The highest BCUT2D eigenvalue weighted by molar-refractivity contribution is 5.85.